The fourth-order valence-corrected chi connectivity index (χ4v) is 6.07. The van der Waals surface area contributed by atoms with Gasteiger partial charge in [0.1, 0.15) is 0 Å². The first-order valence-corrected chi connectivity index (χ1v) is 7.10. The topological polar surface area (TPSA) is 12.5 Å². The SMILES string of the molecule is C[C@]12CCC3(CO3)[C@H](C1)[C@@]1(C)CCC[C@@]21C. The number of epoxide rings is 1. The standard InChI is InChI=1S/C15H24O/c1-12-7-8-15(10-16-15)11(9-12)13(2)5-4-6-14(12,13)3/h11H,4-10H2,1-3H3/t11-,12+,13-,14+,15?/m1/s1. The summed E-state index contributed by atoms with van der Waals surface area (Å²) < 4.78 is 5.93. The van der Waals surface area contributed by atoms with Crippen molar-refractivity contribution in [3.05, 3.63) is 0 Å². The van der Waals surface area contributed by atoms with Crippen LogP contribution in [-0.4, -0.2) is 12.2 Å². The van der Waals surface area contributed by atoms with Gasteiger partial charge in [0, 0.05) is 0 Å². The van der Waals surface area contributed by atoms with Crippen molar-refractivity contribution in [2.45, 2.75) is 64.9 Å². The molecule has 1 saturated heterocycles. The van der Waals surface area contributed by atoms with Gasteiger partial charge in [-0.3, -0.25) is 0 Å². The first kappa shape index (κ1) is 9.94. The van der Waals surface area contributed by atoms with Crippen molar-refractivity contribution in [1.82, 2.24) is 0 Å². The normalized spacial score (nSPS) is 67.3. The van der Waals surface area contributed by atoms with Crippen LogP contribution in [0.5, 0.6) is 0 Å². The largest absolute Gasteiger partial charge is 0.369 e. The first-order chi connectivity index (χ1) is 7.46. The lowest BCUT2D eigenvalue weighted by molar-refractivity contribution is 0.0308. The van der Waals surface area contributed by atoms with Crippen molar-refractivity contribution < 1.29 is 4.74 Å². The molecule has 0 aromatic heterocycles. The zero-order valence-electron chi connectivity index (χ0n) is 10.9. The predicted octanol–water partition coefficient (Wildman–Crippen LogP) is 3.77. The summed E-state index contributed by atoms with van der Waals surface area (Å²) in [5, 5.41) is 0. The second kappa shape index (κ2) is 2.39. The molecule has 1 spiro atoms. The van der Waals surface area contributed by atoms with E-state index in [9.17, 15) is 0 Å². The molecule has 90 valence electrons. The van der Waals surface area contributed by atoms with Crippen LogP contribution in [-0.2, 0) is 4.74 Å². The predicted molar refractivity (Wildman–Crippen MR) is 64.2 cm³/mol. The van der Waals surface area contributed by atoms with E-state index in [4.69, 9.17) is 4.74 Å². The highest BCUT2D eigenvalue weighted by molar-refractivity contribution is 5.24. The molecule has 0 amide bonds. The van der Waals surface area contributed by atoms with Crippen LogP contribution in [0.3, 0.4) is 0 Å². The molecule has 1 nitrogen and oxygen atoms in total. The minimum Gasteiger partial charge on any atom is -0.369 e. The van der Waals surface area contributed by atoms with E-state index in [1.807, 2.05) is 0 Å². The first-order valence-electron chi connectivity index (χ1n) is 7.10. The molecule has 1 heteroatoms. The molecule has 2 bridgehead atoms. The van der Waals surface area contributed by atoms with Gasteiger partial charge in [0.25, 0.3) is 0 Å². The monoisotopic (exact) mass is 220 g/mol. The van der Waals surface area contributed by atoms with E-state index in [0.29, 0.717) is 21.8 Å². The van der Waals surface area contributed by atoms with Gasteiger partial charge in [-0.2, -0.15) is 0 Å². The molecule has 1 aliphatic heterocycles. The second-order valence-corrected chi connectivity index (χ2v) is 7.77. The summed E-state index contributed by atoms with van der Waals surface area (Å²) in [7, 11) is 0. The minimum absolute atomic E-state index is 0.344. The summed E-state index contributed by atoms with van der Waals surface area (Å²) in [6.07, 6.45) is 8.57. The van der Waals surface area contributed by atoms with E-state index in [2.05, 4.69) is 20.8 Å². The van der Waals surface area contributed by atoms with Crippen LogP contribution in [0.2, 0.25) is 0 Å². The highest BCUT2D eigenvalue weighted by atomic mass is 16.6. The molecule has 3 aliphatic carbocycles. The fraction of sp³-hybridized carbons (Fsp3) is 1.00. The van der Waals surface area contributed by atoms with E-state index in [-0.39, 0.29) is 0 Å². The highest BCUT2D eigenvalue weighted by Gasteiger charge is 2.75. The molecule has 0 aromatic carbocycles. The zero-order chi connectivity index (χ0) is 11.2. The summed E-state index contributed by atoms with van der Waals surface area (Å²) in [5.74, 6) is 0.867. The number of hydrogen-bond donors (Lipinski definition) is 0. The smallest absolute Gasteiger partial charge is 0.0950 e. The van der Waals surface area contributed by atoms with Crippen LogP contribution in [0, 0.1) is 22.2 Å². The Morgan fingerprint density at radius 1 is 1.00 bits per heavy atom. The van der Waals surface area contributed by atoms with E-state index in [1.54, 1.807) is 0 Å². The van der Waals surface area contributed by atoms with E-state index in [1.165, 1.54) is 38.5 Å². The van der Waals surface area contributed by atoms with Gasteiger partial charge in [-0.05, 0) is 54.3 Å². The van der Waals surface area contributed by atoms with Crippen molar-refractivity contribution in [3.8, 4) is 0 Å². The molecule has 0 radical (unpaired) electrons. The average Bonchev–Trinajstić information content (AvgIpc) is 2.91. The Labute approximate surface area is 98.9 Å². The van der Waals surface area contributed by atoms with Gasteiger partial charge in [0.2, 0.25) is 0 Å². The van der Waals surface area contributed by atoms with Crippen LogP contribution in [0.15, 0.2) is 0 Å². The Kier molecular flexibility index (Phi) is 1.48. The molecule has 0 aromatic rings. The summed E-state index contributed by atoms with van der Waals surface area (Å²) in [4.78, 5) is 0. The number of rotatable bonds is 0. The van der Waals surface area contributed by atoms with Crippen LogP contribution in [0.25, 0.3) is 0 Å². The molecule has 4 fully saturated rings. The van der Waals surface area contributed by atoms with Crippen molar-refractivity contribution in [3.63, 3.8) is 0 Å². The van der Waals surface area contributed by atoms with Crippen molar-refractivity contribution in [2.24, 2.45) is 22.2 Å². The second-order valence-electron chi connectivity index (χ2n) is 7.77. The van der Waals surface area contributed by atoms with Crippen molar-refractivity contribution >= 4 is 0 Å². The van der Waals surface area contributed by atoms with E-state index >= 15 is 0 Å². The summed E-state index contributed by atoms with van der Waals surface area (Å²) >= 11 is 0. The molecule has 1 unspecified atom stereocenters. The quantitative estimate of drug-likeness (QED) is 0.566. The lowest BCUT2D eigenvalue weighted by Gasteiger charge is -2.45. The van der Waals surface area contributed by atoms with Crippen LogP contribution in [0.4, 0.5) is 0 Å². The molecule has 4 aliphatic rings. The van der Waals surface area contributed by atoms with Crippen LogP contribution in [0.1, 0.15) is 59.3 Å². The van der Waals surface area contributed by atoms with Gasteiger partial charge < -0.3 is 4.74 Å². The molecule has 16 heavy (non-hydrogen) atoms. The number of hydrogen-bond acceptors (Lipinski definition) is 1. The molecule has 5 atom stereocenters. The molecule has 3 saturated carbocycles. The third-order valence-electron chi connectivity index (χ3n) is 7.64. The fourth-order valence-electron chi connectivity index (χ4n) is 6.07. The van der Waals surface area contributed by atoms with Crippen LogP contribution < -0.4 is 0 Å². The summed E-state index contributed by atoms with van der Waals surface area (Å²) in [6, 6.07) is 0. The van der Waals surface area contributed by atoms with Gasteiger partial charge >= 0.3 is 0 Å². The Hall–Kier alpha value is -0.0400. The van der Waals surface area contributed by atoms with E-state index in [0.717, 1.165) is 12.5 Å². The number of fused-ring (bicyclic) bond motifs is 6. The lowest BCUT2D eigenvalue weighted by Crippen LogP contribution is -2.39. The third kappa shape index (κ3) is 0.776. The van der Waals surface area contributed by atoms with Gasteiger partial charge in [-0.15, -0.1) is 0 Å². The van der Waals surface area contributed by atoms with E-state index < -0.39 is 0 Å². The third-order valence-corrected chi connectivity index (χ3v) is 7.64. The van der Waals surface area contributed by atoms with Crippen molar-refractivity contribution in [1.29, 1.82) is 0 Å². The molecule has 4 rings (SSSR count). The van der Waals surface area contributed by atoms with Gasteiger partial charge in [0.15, 0.2) is 0 Å². The number of ether oxygens (including phenoxy) is 1. The van der Waals surface area contributed by atoms with Gasteiger partial charge in [0.05, 0.1) is 12.2 Å². The zero-order valence-corrected chi connectivity index (χ0v) is 10.9. The van der Waals surface area contributed by atoms with Crippen LogP contribution >= 0.6 is 0 Å². The minimum atomic E-state index is 0.344. The molecule has 0 N–H and O–H groups in total. The van der Waals surface area contributed by atoms with Crippen molar-refractivity contribution in [2.75, 3.05) is 6.61 Å². The highest BCUT2D eigenvalue weighted by Crippen LogP contribution is 2.79. The summed E-state index contributed by atoms with van der Waals surface area (Å²) in [6.45, 7) is 8.83. The maximum absolute atomic E-state index is 5.93. The Morgan fingerprint density at radius 2 is 1.75 bits per heavy atom. The molecular formula is C15H24O. The lowest BCUT2D eigenvalue weighted by atomic mass is 9.59. The Balaban J connectivity index is 1.89. The maximum Gasteiger partial charge on any atom is 0.0950 e. The molecular weight excluding hydrogens is 196 g/mol. The average molecular weight is 220 g/mol. The maximum atomic E-state index is 5.93. The van der Waals surface area contributed by atoms with Gasteiger partial charge in [-0.25, -0.2) is 0 Å². The Morgan fingerprint density at radius 3 is 2.44 bits per heavy atom. The summed E-state index contributed by atoms with van der Waals surface area (Å²) in [5.41, 5.74) is 2.13. The van der Waals surface area contributed by atoms with Gasteiger partial charge in [-0.1, -0.05) is 27.2 Å². The molecule has 1 heterocycles. The Bertz CT molecular complexity index is 358.